The van der Waals surface area contributed by atoms with Crippen LogP contribution in [0.2, 0.25) is 5.15 Å². The molecule has 4 aromatic rings. The zero-order valence-electron chi connectivity index (χ0n) is 17.5. The Morgan fingerprint density at radius 2 is 2.03 bits per heavy atom. The molecule has 0 bridgehead atoms. The van der Waals surface area contributed by atoms with E-state index in [2.05, 4.69) is 27.3 Å². The van der Waals surface area contributed by atoms with Crippen LogP contribution in [-0.2, 0) is 17.9 Å². The highest BCUT2D eigenvalue weighted by Crippen LogP contribution is 2.35. The number of nitrogens with zero attached hydrogens (tertiary/aromatic N) is 5. The highest BCUT2D eigenvalue weighted by atomic mass is 35.5. The Bertz CT molecular complexity index is 1270. The summed E-state index contributed by atoms with van der Waals surface area (Å²) >= 11 is 7.47. The fraction of sp³-hybridized carbons (Fsp3) is 0.208. The number of hydrogen-bond acceptors (Lipinski definition) is 7. The van der Waals surface area contributed by atoms with Gasteiger partial charge < -0.3 is 4.84 Å². The molecule has 4 heterocycles. The van der Waals surface area contributed by atoms with E-state index in [4.69, 9.17) is 26.4 Å². The minimum Gasteiger partial charge on any atom is -0.391 e. The second-order valence-corrected chi connectivity index (χ2v) is 8.92. The van der Waals surface area contributed by atoms with Gasteiger partial charge in [0.05, 0.1) is 22.0 Å². The highest BCUT2D eigenvalue weighted by molar-refractivity contribution is 7.18. The summed E-state index contributed by atoms with van der Waals surface area (Å²) in [4.78, 5) is 24.7. The van der Waals surface area contributed by atoms with Crippen LogP contribution in [0.4, 0.5) is 0 Å². The number of oxime groups is 1. The molecule has 1 aliphatic carbocycles. The summed E-state index contributed by atoms with van der Waals surface area (Å²) < 4.78 is 0. The Morgan fingerprint density at radius 1 is 1.09 bits per heavy atom. The highest BCUT2D eigenvalue weighted by Gasteiger charge is 2.20. The molecule has 0 radical (unpaired) electrons. The molecule has 0 amide bonds. The van der Waals surface area contributed by atoms with Crippen molar-refractivity contribution in [2.24, 2.45) is 5.16 Å². The smallest absolute Gasteiger partial charge is 0.143 e. The molecule has 0 saturated heterocycles. The van der Waals surface area contributed by atoms with Gasteiger partial charge in [0.25, 0.3) is 0 Å². The van der Waals surface area contributed by atoms with Crippen molar-refractivity contribution in [2.45, 2.75) is 32.8 Å². The quantitative estimate of drug-likeness (QED) is 0.274. The van der Waals surface area contributed by atoms with E-state index in [1.165, 1.54) is 5.56 Å². The molecule has 0 aliphatic heterocycles. The molecule has 0 spiro atoms. The van der Waals surface area contributed by atoms with Crippen LogP contribution in [0.15, 0.2) is 60.1 Å². The summed E-state index contributed by atoms with van der Waals surface area (Å²) in [6.45, 7) is 2.36. The summed E-state index contributed by atoms with van der Waals surface area (Å²) in [5.41, 5.74) is 6.79. The third-order valence-electron chi connectivity index (χ3n) is 5.24. The van der Waals surface area contributed by atoms with Gasteiger partial charge in [0.1, 0.15) is 22.5 Å². The van der Waals surface area contributed by atoms with Crippen LogP contribution in [0, 0.1) is 6.92 Å². The summed E-state index contributed by atoms with van der Waals surface area (Å²) in [5.74, 6) is 0. The number of fused-ring (bicyclic) bond motifs is 1. The number of aromatic nitrogens is 4. The maximum Gasteiger partial charge on any atom is 0.143 e. The third-order valence-corrected chi connectivity index (χ3v) is 6.70. The lowest BCUT2D eigenvalue weighted by Gasteiger charge is -2.17. The first kappa shape index (κ1) is 20.7. The second kappa shape index (κ2) is 9.14. The minimum absolute atomic E-state index is 0.338. The monoisotopic (exact) mass is 461 g/mol. The summed E-state index contributed by atoms with van der Waals surface area (Å²) in [5, 5.41) is 5.83. The maximum atomic E-state index is 5.84. The van der Waals surface area contributed by atoms with Crippen LogP contribution < -0.4 is 0 Å². The number of halogens is 1. The normalized spacial score (nSPS) is 14.4. The molecule has 4 aromatic heterocycles. The van der Waals surface area contributed by atoms with Gasteiger partial charge in [-0.15, -0.1) is 11.3 Å². The van der Waals surface area contributed by atoms with Crippen LogP contribution in [-0.4, -0.2) is 25.6 Å². The van der Waals surface area contributed by atoms with Crippen molar-refractivity contribution in [3.05, 3.63) is 82.7 Å². The van der Waals surface area contributed by atoms with Gasteiger partial charge in [0.15, 0.2) is 0 Å². The van der Waals surface area contributed by atoms with Gasteiger partial charge >= 0.3 is 0 Å². The predicted octanol–water partition coefficient (Wildman–Crippen LogP) is 5.88. The lowest BCUT2D eigenvalue weighted by Crippen LogP contribution is -2.15. The van der Waals surface area contributed by atoms with E-state index in [9.17, 15) is 0 Å². The number of hydrogen-bond donors (Lipinski definition) is 0. The Kier molecular flexibility index (Phi) is 5.92. The van der Waals surface area contributed by atoms with Crippen LogP contribution in [0.1, 0.15) is 35.4 Å². The molecular formula is C24H20ClN5OS. The molecule has 160 valence electrons. The lowest BCUT2D eigenvalue weighted by molar-refractivity contribution is 0.129. The fourth-order valence-electron chi connectivity index (χ4n) is 3.64. The average molecular weight is 462 g/mol. The number of aryl methyl sites for hydroxylation is 2. The summed E-state index contributed by atoms with van der Waals surface area (Å²) in [7, 11) is 0. The molecule has 6 nitrogen and oxygen atoms in total. The zero-order chi connectivity index (χ0) is 21.9. The van der Waals surface area contributed by atoms with Crippen molar-refractivity contribution < 1.29 is 4.84 Å². The SMILES string of the molecule is Cc1nc(-c2cccnc2)sc1-c1ccc2c(n1)C(=NOCc1ccc(Cl)nc1)CCC2. The molecule has 0 atom stereocenters. The molecule has 5 rings (SSSR count). The van der Waals surface area contributed by atoms with Crippen molar-refractivity contribution in [2.75, 3.05) is 0 Å². The molecule has 0 unspecified atom stereocenters. The van der Waals surface area contributed by atoms with Crippen molar-refractivity contribution in [3.8, 4) is 21.1 Å². The molecule has 0 saturated carbocycles. The van der Waals surface area contributed by atoms with Crippen LogP contribution in [0.25, 0.3) is 21.1 Å². The van der Waals surface area contributed by atoms with Crippen molar-refractivity contribution in [3.63, 3.8) is 0 Å². The first-order valence-corrected chi connectivity index (χ1v) is 11.5. The van der Waals surface area contributed by atoms with Gasteiger partial charge in [-0.3, -0.25) is 4.98 Å². The first-order valence-electron chi connectivity index (χ1n) is 10.3. The van der Waals surface area contributed by atoms with E-state index in [-0.39, 0.29) is 0 Å². The van der Waals surface area contributed by atoms with Gasteiger partial charge in [-0.1, -0.05) is 28.9 Å². The van der Waals surface area contributed by atoms with Crippen LogP contribution in [0.3, 0.4) is 0 Å². The maximum absolute atomic E-state index is 5.84. The standard InChI is InChI=1S/C24H20ClN5OS/c1-15-23(32-24(28-15)18-5-3-11-26-13-18)20-9-8-17-4-2-6-19(22(17)29-20)30-31-14-16-7-10-21(25)27-12-16/h3,5,7-13H,2,4,6,14H2,1H3. The van der Waals surface area contributed by atoms with Gasteiger partial charge in [0, 0.05) is 29.7 Å². The molecule has 8 heteroatoms. The number of rotatable bonds is 5. The van der Waals surface area contributed by atoms with Crippen molar-refractivity contribution in [1.82, 2.24) is 19.9 Å². The molecule has 32 heavy (non-hydrogen) atoms. The molecule has 0 aromatic carbocycles. The van der Waals surface area contributed by atoms with E-state index < -0.39 is 0 Å². The summed E-state index contributed by atoms with van der Waals surface area (Å²) in [6, 6.07) is 11.8. The third kappa shape index (κ3) is 4.40. The Hall–Kier alpha value is -3.16. The number of thiazole rings is 1. The fourth-order valence-corrected chi connectivity index (χ4v) is 4.78. The predicted molar refractivity (Wildman–Crippen MR) is 127 cm³/mol. The Labute approximate surface area is 195 Å². The van der Waals surface area contributed by atoms with Crippen LogP contribution >= 0.6 is 22.9 Å². The van der Waals surface area contributed by atoms with Gasteiger partial charge in [-0.2, -0.15) is 0 Å². The molecule has 0 fully saturated rings. The van der Waals surface area contributed by atoms with Gasteiger partial charge in [0.2, 0.25) is 0 Å². The van der Waals surface area contributed by atoms with E-state index in [1.807, 2.05) is 31.3 Å². The first-order chi connectivity index (χ1) is 15.7. The number of pyridine rings is 3. The lowest BCUT2D eigenvalue weighted by atomic mass is 9.94. The van der Waals surface area contributed by atoms with Crippen molar-refractivity contribution in [1.29, 1.82) is 0 Å². The van der Waals surface area contributed by atoms with Gasteiger partial charge in [-0.25, -0.2) is 15.0 Å². The minimum atomic E-state index is 0.338. The zero-order valence-corrected chi connectivity index (χ0v) is 19.0. The van der Waals surface area contributed by atoms with E-state index in [0.717, 1.165) is 63.1 Å². The van der Waals surface area contributed by atoms with Crippen LogP contribution in [0.5, 0.6) is 0 Å². The Balaban J connectivity index is 1.42. The molecular weight excluding hydrogens is 442 g/mol. The van der Waals surface area contributed by atoms with E-state index in [0.29, 0.717) is 11.8 Å². The van der Waals surface area contributed by atoms with E-state index in [1.54, 1.807) is 29.8 Å². The summed E-state index contributed by atoms with van der Waals surface area (Å²) in [6.07, 6.45) is 8.16. The second-order valence-electron chi connectivity index (χ2n) is 7.53. The molecule has 0 N–H and O–H groups in total. The van der Waals surface area contributed by atoms with E-state index >= 15 is 0 Å². The average Bonchev–Trinajstić information content (AvgIpc) is 3.22. The largest absolute Gasteiger partial charge is 0.391 e. The van der Waals surface area contributed by atoms with Crippen molar-refractivity contribution >= 4 is 28.6 Å². The Morgan fingerprint density at radius 3 is 2.84 bits per heavy atom. The topological polar surface area (TPSA) is 73.2 Å². The van der Waals surface area contributed by atoms with Gasteiger partial charge in [-0.05, 0) is 56.0 Å². The molecule has 1 aliphatic rings.